The molecule has 2 aliphatic rings. The number of furan rings is 1. The lowest BCUT2D eigenvalue weighted by atomic mass is 9.92. The van der Waals surface area contributed by atoms with Gasteiger partial charge in [0.2, 0.25) is 23.4 Å². The molecule has 4 rings (SSSR count). The number of carbonyl (C=O) groups excluding carboxylic acids is 2. The highest BCUT2D eigenvalue weighted by atomic mass is 35.5. The van der Waals surface area contributed by atoms with Crippen LogP contribution in [-0.2, 0) is 25.7 Å². The molecular weight excluding hydrogens is 519 g/mol. The van der Waals surface area contributed by atoms with E-state index in [1.165, 1.54) is 11.2 Å². The van der Waals surface area contributed by atoms with Crippen molar-refractivity contribution in [3.05, 3.63) is 35.3 Å². The quantitative estimate of drug-likeness (QED) is 0.215. The molecule has 0 aromatic carbocycles. The van der Waals surface area contributed by atoms with E-state index in [1.807, 2.05) is 0 Å². The van der Waals surface area contributed by atoms with Crippen LogP contribution in [0, 0.1) is 17.7 Å². The molecule has 2 aromatic rings. The molecule has 208 valence electrons. The molecule has 1 saturated heterocycles. The van der Waals surface area contributed by atoms with Crippen molar-refractivity contribution in [1.29, 1.82) is 0 Å². The molecule has 1 aliphatic carbocycles. The van der Waals surface area contributed by atoms with Gasteiger partial charge in [0.1, 0.15) is 5.76 Å². The standard InChI is InChI=1S/C25H34ClFN6O5/c1-32(15-19-9-6-12-36-19)23-21(27)22(28-25(26)29-23)30-31-24(35)18(13-17-7-2-3-8-17)14-33(16-34)38-20-10-4-5-11-37-20/h6,9,12,16-18,20H,2-5,7-8,10-11,13-15H2,1H3,(H,31,35)(H,28,29,30)/t18-,20?/m1/s1. The summed E-state index contributed by atoms with van der Waals surface area (Å²) >= 11 is 6.05. The Bertz CT molecular complexity index is 1050. The van der Waals surface area contributed by atoms with Crippen molar-refractivity contribution in [2.75, 3.05) is 30.5 Å². The van der Waals surface area contributed by atoms with Gasteiger partial charge >= 0.3 is 0 Å². The minimum Gasteiger partial charge on any atom is -0.467 e. The van der Waals surface area contributed by atoms with Gasteiger partial charge in [-0.1, -0.05) is 25.7 Å². The third-order valence-corrected chi connectivity index (χ3v) is 6.99. The van der Waals surface area contributed by atoms with E-state index in [1.54, 1.807) is 19.2 Å². The van der Waals surface area contributed by atoms with Crippen LogP contribution >= 0.6 is 11.6 Å². The Hall–Kier alpha value is -2.96. The van der Waals surface area contributed by atoms with Crippen LogP contribution in [0.1, 0.15) is 57.1 Å². The van der Waals surface area contributed by atoms with Gasteiger partial charge in [-0.3, -0.25) is 20.4 Å². The third kappa shape index (κ3) is 7.78. The Labute approximate surface area is 225 Å². The number of carbonyl (C=O) groups is 2. The first-order valence-electron chi connectivity index (χ1n) is 13.0. The molecule has 2 fully saturated rings. The number of halogens is 2. The number of hydrogen-bond acceptors (Lipinski definition) is 9. The first-order valence-corrected chi connectivity index (χ1v) is 13.3. The van der Waals surface area contributed by atoms with Crippen LogP contribution in [0.15, 0.2) is 22.8 Å². The van der Waals surface area contributed by atoms with Gasteiger partial charge in [0.25, 0.3) is 0 Å². The summed E-state index contributed by atoms with van der Waals surface area (Å²) in [6.45, 7) is 0.856. The SMILES string of the molecule is CN(Cc1ccco1)c1nc(Cl)nc(NNC(=O)[C@H](CC2CCCC2)CN(C=O)OC2CCCCO2)c1F. The summed E-state index contributed by atoms with van der Waals surface area (Å²) < 4.78 is 26.2. The fraction of sp³-hybridized carbons (Fsp3) is 0.600. The summed E-state index contributed by atoms with van der Waals surface area (Å²) in [5.41, 5.74) is 5.09. The molecule has 0 radical (unpaired) electrons. The molecule has 2 atom stereocenters. The van der Waals surface area contributed by atoms with E-state index in [-0.39, 0.29) is 30.0 Å². The van der Waals surface area contributed by atoms with Crippen molar-refractivity contribution in [2.24, 2.45) is 11.8 Å². The van der Waals surface area contributed by atoms with Crippen LogP contribution in [0.3, 0.4) is 0 Å². The average Bonchev–Trinajstić information content (AvgIpc) is 3.63. The molecule has 1 unspecified atom stereocenters. The molecule has 2 aromatic heterocycles. The second-order valence-corrected chi connectivity index (χ2v) is 10.1. The van der Waals surface area contributed by atoms with Crippen molar-refractivity contribution in [3.63, 3.8) is 0 Å². The summed E-state index contributed by atoms with van der Waals surface area (Å²) in [6.07, 6.45) is 8.96. The van der Waals surface area contributed by atoms with Crippen molar-refractivity contribution >= 4 is 35.6 Å². The number of rotatable bonds is 13. The number of aromatic nitrogens is 2. The molecule has 2 amide bonds. The van der Waals surface area contributed by atoms with E-state index in [2.05, 4.69) is 20.8 Å². The van der Waals surface area contributed by atoms with E-state index >= 15 is 4.39 Å². The fourth-order valence-electron chi connectivity index (χ4n) is 4.86. The zero-order valence-corrected chi connectivity index (χ0v) is 22.2. The Morgan fingerprint density at radius 2 is 2.08 bits per heavy atom. The van der Waals surface area contributed by atoms with E-state index in [0.717, 1.165) is 43.6 Å². The second-order valence-electron chi connectivity index (χ2n) is 9.72. The van der Waals surface area contributed by atoms with Gasteiger partial charge in [0.15, 0.2) is 17.9 Å². The van der Waals surface area contributed by atoms with Gasteiger partial charge < -0.3 is 14.1 Å². The molecular formula is C25H34ClFN6O5. The Morgan fingerprint density at radius 1 is 1.29 bits per heavy atom. The third-order valence-electron chi connectivity index (χ3n) is 6.82. The highest BCUT2D eigenvalue weighted by Gasteiger charge is 2.29. The number of hydroxylamine groups is 2. The van der Waals surface area contributed by atoms with E-state index < -0.39 is 23.9 Å². The Morgan fingerprint density at radius 3 is 2.76 bits per heavy atom. The zero-order chi connectivity index (χ0) is 26.9. The normalized spacial score (nSPS) is 18.7. The summed E-state index contributed by atoms with van der Waals surface area (Å²) in [6, 6.07) is 3.49. The van der Waals surface area contributed by atoms with E-state index in [0.29, 0.717) is 37.5 Å². The number of hydrogen-bond donors (Lipinski definition) is 2. The maximum Gasteiger partial charge on any atom is 0.243 e. The zero-order valence-electron chi connectivity index (χ0n) is 21.4. The number of ether oxygens (including phenoxy) is 1. The molecule has 0 bridgehead atoms. The lowest BCUT2D eigenvalue weighted by molar-refractivity contribution is -0.276. The molecule has 13 heteroatoms. The molecule has 3 heterocycles. The summed E-state index contributed by atoms with van der Waals surface area (Å²) in [5, 5.41) is 0.930. The first kappa shape index (κ1) is 28.1. The number of amides is 2. The van der Waals surface area contributed by atoms with Crippen LogP contribution < -0.4 is 15.8 Å². The van der Waals surface area contributed by atoms with Crippen molar-refractivity contribution in [1.82, 2.24) is 20.5 Å². The number of anilines is 2. The van der Waals surface area contributed by atoms with Gasteiger partial charge in [0.05, 0.1) is 25.3 Å². The molecule has 1 aliphatic heterocycles. The van der Waals surface area contributed by atoms with Crippen molar-refractivity contribution in [2.45, 2.75) is 64.2 Å². The maximum absolute atomic E-state index is 15.3. The average molecular weight is 553 g/mol. The lowest BCUT2D eigenvalue weighted by Gasteiger charge is -2.30. The van der Waals surface area contributed by atoms with E-state index in [9.17, 15) is 9.59 Å². The highest BCUT2D eigenvalue weighted by molar-refractivity contribution is 6.28. The summed E-state index contributed by atoms with van der Waals surface area (Å²) in [7, 11) is 1.63. The van der Waals surface area contributed by atoms with Crippen LogP contribution in [-0.4, -0.2) is 53.8 Å². The maximum atomic E-state index is 15.3. The lowest BCUT2D eigenvalue weighted by Crippen LogP contribution is -2.43. The van der Waals surface area contributed by atoms with Crippen molar-refractivity contribution in [3.8, 4) is 0 Å². The van der Waals surface area contributed by atoms with Gasteiger partial charge in [-0.25, -0.2) is 9.90 Å². The topological polar surface area (TPSA) is 122 Å². The summed E-state index contributed by atoms with van der Waals surface area (Å²) in [5.74, 6) is -1.18. The minimum atomic E-state index is -0.789. The molecule has 1 saturated carbocycles. The molecule has 38 heavy (non-hydrogen) atoms. The van der Waals surface area contributed by atoms with Crippen LogP contribution in [0.2, 0.25) is 5.28 Å². The molecule has 0 spiro atoms. The molecule has 11 nitrogen and oxygen atoms in total. The fourth-order valence-corrected chi connectivity index (χ4v) is 5.03. The van der Waals surface area contributed by atoms with Gasteiger partial charge in [-0.15, -0.1) is 0 Å². The van der Waals surface area contributed by atoms with Gasteiger partial charge in [-0.05, 0) is 48.9 Å². The number of hydrazine groups is 1. The van der Waals surface area contributed by atoms with Gasteiger partial charge in [-0.2, -0.15) is 14.4 Å². The Balaban J connectivity index is 1.42. The largest absolute Gasteiger partial charge is 0.467 e. The van der Waals surface area contributed by atoms with Crippen LogP contribution in [0.25, 0.3) is 0 Å². The minimum absolute atomic E-state index is 0.0392. The van der Waals surface area contributed by atoms with Crippen LogP contribution in [0.5, 0.6) is 0 Å². The second kappa shape index (κ2) is 13.7. The first-order chi connectivity index (χ1) is 18.4. The smallest absolute Gasteiger partial charge is 0.243 e. The Kier molecular flexibility index (Phi) is 10.1. The van der Waals surface area contributed by atoms with Crippen molar-refractivity contribution < 1.29 is 28.0 Å². The monoisotopic (exact) mass is 552 g/mol. The number of nitrogens with one attached hydrogen (secondary N) is 2. The predicted octanol–water partition coefficient (Wildman–Crippen LogP) is 4.05. The van der Waals surface area contributed by atoms with Gasteiger partial charge in [0, 0.05) is 20.1 Å². The number of nitrogens with zero attached hydrogens (tertiary/aromatic N) is 4. The highest BCUT2D eigenvalue weighted by Crippen LogP contribution is 2.31. The summed E-state index contributed by atoms with van der Waals surface area (Å²) in [4.78, 5) is 40.1. The van der Waals surface area contributed by atoms with E-state index in [4.69, 9.17) is 25.6 Å². The van der Waals surface area contributed by atoms with Crippen LogP contribution in [0.4, 0.5) is 16.0 Å². The predicted molar refractivity (Wildman–Crippen MR) is 137 cm³/mol. The molecule has 2 N–H and O–H groups in total.